The zero-order chi connectivity index (χ0) is 30.6. The number of Topliss-reactive ketones (excluding diaryl/α,β-unsaturated/α-hetero) is 1. The summed E-state index contributed by atoms with van der Waals surface area (Å²) >= 11 is 0. The maximum Gasteiger partial charge on any atom is 0.214 e. The molecule has 0 bridgehead atoms. The highest BCUT2D eigenvalue weighted by atomic mass is 32.2. The number of nitrogens with one attached hydrogen (secondary N) is 1. The Morgan fingerprint density at radius 2 is 1.69 bits per heavy atom. The van der Waals surface area contributed by atoms with Crippen LogP contribution in [0.25, 0.3) is 0 Å². The lowest BCUT2D eigenvalue weighted by Gasteiger charge is -2.69. The molecule has 8 heteroatoms. The summed E-state index contributed by atoms with van der Waals surface area (Å²) in [5.41, 5.74) is -0.136. The Balaban J connectivity index is 1.42. The SMILES string of the molecule is CC1(C)C(=O)C(C#N)=C[C@]2(C)C3=CC(=O)[C@@H]4[C@@H]5CC6(CC6)CC[C@]5(NCCS(C)(=O)=NC#N)CC[C@@]4(C)[C@]3(C)CC[C@@H]12. The van der Waals surface area contributed by atoms with E-state index in [2.05, 4.69) is 36.5 Å². The highest BCUT2D eigenvalue weighted by Crippen LogP contribution is 2.74. The maximum atomic E-state index is 14.6. The van der Waals surface area contributed by atoms with Gasteiger partial charge in [-0.15, -0.1) is 4.36 Å². The number of carbonyl (C=O) groups excluding carboxylic acids is 2. The average Bonchev–Trinajstić information content (AvgIpc) is 3.67. The summed E-state index contributed by atoms with van der Waals surface area (Å²) < 4.78 is 16.4. The van der Waals surface area contributed by atoms with E-state index in [-0.39, 0.29) is 51.3 Å². The van der Waals surface area contributed by atoms with E-state index >= 15 is 0 Å². The molecule has 4 fully saturated rings. The number of allylic oxidation sites excluding steroid dienone is 4. The third kappa shape index (κ3) is 3.93. The molecule has 0 heterocycles. The largest absolute Gasteiger partial charge is 0.310 e. The van der Waals surface area contributed by atoms with Crippen molar-refractivity contribution in [3.8, 4) is 12.3 Å². The number of ketones is 2. The van der Waals surface area contributed by atoms with Crippen molar-refractivity contribution in [1.29, 1.82) is 10.5 Å². The Hall–Kier alpha value is -2.29. The van der Waals surface area contributed by atoms with Gasteiger partial charge in [0, 0.05) is 40.8 Å². The monoisotopic (exact) mass is 590 g/mol. The fourth-order valence-electron chi connectivity index (χ4n) is 11.0. The summed E-state index contributed by atoms with van der Waals surface area (Å²) in [6.45, 7) is 11.4. The number of carbonyl (C=O) groups is 2. The van der Waals surface area contributed by atoms with Crippen molar-refractivity contribution in [2.24, 2.45) is 49.2 Å². The van der Waals surface area contributed by atoms with Crippen LogP contribution in [-0.4, -0.2) is 39.9 Å². The molecule has 0 saturated heterocycles. The molecule has 1 unspecified atom stereocenters. The molecular formula is C34H46N4O3S. The number of nitrogens with zero attached hydrogens (tertiary/aromatic N) is 3. The van der Waals surface area contributed by atoms with Crippen LogP contribution in [0.1, 0.15) is 92.4 Å². The van der Waals surface area contributed by atoms with Gasteiger partial charge in [0.05, 0.1) is 15.3 Å². The van der Waals surface area contributed by atoms with E-state index < -0.39 is 20.6 Å². The molecule has 0 aliphatic heterocycles. The Bertz CT molecular complexity index is 1530. The van der Waals surface area contributed by atoms with Crippen LogP contribution >= 0.6 is 0 Å². The number of rotatable bonds is 4. The molecule has 0 aromatic carbocycles. The van der Waals surface area contributed by atoms with Gasteiger partial charge in [-0.2, -0.15) is 10.5 Å². The van der Waals surface area contributed by atoms with Crippen LogP contribution in [0.5, 0.6) is 0 Å². The lowest BCUT2D eigenvalue weighted by molar-refractivity contribution is -0.159. The smallest absolute Gasteiger partial charge is 0.214 e. The second-order valence-electron chi connectivity index (χ2n) is 16.0. The average molecular weight is 591 g/mol. The highest BCUT2D eigenvalue weighted by Gasteiger charge is 2.70. The molecule has 1 N–H and O–H groups in total. The third-order valence-corrected chi connectivity index (χ3v) is 15.2. The second kappa shape index (κ2) is 9.12. The van der Waals surface area contributed by atoms with Crippen molar-refractivity contribution < 1.29 is 13.8 Å². The van der Waals surface area contributed by atoms with Crippen LogP contribution in [0.2, 0.25) is 0 Å². The van der Waals surface area contributed by atoms with E-state index in [1.807, 2.05) is 26.0 Å². The van der Waals surface area contributed by atoms with Crippen LogP contribution in [0, 0.1) is 67.6 Å². The van der Waals surface area contributed by atoms with Crippen LogP contribution in [0.15, 0.2) is 27.7 Å². The number of hydrogen-bond donors (Lipinski definition) is 1. The van der Waals surface area contributed by atoms with Crippen LogP contribution in [0.4, 0.5) is 0 Å². The molecule has 0 aromatic rings. The van der Waals surface area contributed by atoms with Gasteiger partial charge in [-0.25, -0.2) is 4.21 Å². The molecule has 226 valence electrons. The quantitative estimate of drug-likeness (QED) is 0.408. The van der Waals surface area contributed by atoms with E-state index in [9.17, 15) is 19.1 Å². The zero-order valence-electron chi connectivity index (χ0n) is 26.1. The predicted molar refractivity (Wildman–Crippen MR) is 162 cm³/mol. The minimum atomic E-state index is -2.57. The first-order valence-electron chi connectivity index (χ1n) is 15.8. The van der Waals surface area contributed by atoms with Gasteiger partial charge in [-0.3, -0.25) is 9.59 Å². The van der Waals surface area contributed by atoms with E-state index in [0.29, 0.717) is 17.7 Å². The van der Waals surface area contributed by atoms with Crippen molar-refractivity contribution in [1.82, 2.24) is 5.32 Å². The minimum Gasteiger partial charge on any atom is -0.310 e. The first-order valence-corrected chi connectivity index (χ1v) is 17.9. The summed E-state index contributed by atoms with van der Waals surface area (Å²) in [5, 5.41) is 22.8. The summed E-state index contributed by atoms with van der Waals surface area (Å²) in [6.07, 6.45) is 16.5. The molecule has 42 heavy (non-hydrogen) atoms. The van der Waals surface area contributed by atoms with Crippen LogP contribution in [-0.2, 0) is 19.3 Å². The molecule has 0 aromatic heterocycles. The Morgan fingerprint density at radius 3 is 2.33 bits per heavy atom. The van der Waals surface area contributed by atoms with E-state index in [1.54, 1.807) is 12.4 Å². The van der Waals surface area contributed by atoms with Crippen molar-refractivity contribution in [2.45, 2.75) is 97.9 Å². The van der Waals surface area contributed by atoms with Gasteiger partial charge in [0.1, 0.15) is 6.07 Å². The third-order valence-electron chi connectivity index (χ3n) is 13.7. The van der Waals surface area contributed by atoms with Crippen molar-refractivity contribution >= 4 is 21.3 Å². The molecular weight excluding hydrogens is 544 g/mol. The molecule has 0 radical (unpaired) electrons. The summed E-state index contributed by atoms with van der Waals surface area (Å²) in [5.74, 6) is 0.569. The fraction of sp³-hybridized carbons (Fsp3) is 0.765. The standard InChI is InChI=1S/C34H46N4O3S/c1-29(2)25-7-8-31(4)26(30(25,3)18-22(20-35)28(29)40)17-24(39)27-23-19-33(10-11-33)12-14-34(23,13-9-32(27,31)5)37-15-16-42(6,41)38-21-36/h17-18,23,25,27,37H,7-16,19H2,1-6H3/t23-,25-,27-,30-,31+,32+,34+,42?/m0/s1. The number of nitriles is 2. The Morgan fingerprint density at radius 1 is 1.02 bits per heavy atom. The van der Waals surface area contributed by atoms with Gasteiger partial charge in [-0.1, -0.05) is 46.3 Å². The first-order chi connectivity index (χ1) is 19.5. The molecule has 6 aliphatic carbocycles. The van der Waals surface area contributed by atoms with Crippen LogP contribution < -0.4 is 5.32 Å². The summed E-state index contributed by atoms with van der Waals surface area (Å²) in [4.78, 5) is 27.9. The van der Waals surface area contributed by atoms with E-state index in [0.717, 1.165) is 44.1 Å². The molecule has 0 amide bonds. The van der Waals surface area contributed by atoms with Gasteiger partial charge < -0.3 is 5.32 Å². The van der Waals surface area contributed by atoms with Gasteiger partial charge in [0.2, 0.25) is 6.19 Å². The molecule has 7 nitrogen and oxygen atoms in total. The van der Waals surface area contributed by atoms with Gasteiger partial charge in [0.15, 0.2) is 11.6 Å². The predicted octanol–water partition coefficient (Wildman–Crippen LogP) is 5.88. The number of fused-ring (bicyclic) bond motifs is 7. The summed E-state index contributed by atoms with van der Waals surface area (Å²) in [6, 6.07) is 2.19. The summed E-state index contributed by atoms with van der Waals surface area (Å²) in [7, 11) is -2.57. The Kier molecular flexibility index (Phi) is 6.46. The molecule has 4 saturated carbocycles. The fourth-order valence-corrected chi connectivity index (χ4v) is 11.7. The van der Waals surface area contributed by atoms with E-state index in [4.69, 9.17) is 5.26 Å². The van der Waals surface area contributed by atoms with Crippen molar-refractivity contribution in [2.75, 3.05) is 18.6 Å². The zero-order valence-corrected chi connectivity index (χ0v) is 27.0. The molecule has 6 rings (SSSR count). The number of hydrogen-bond acceptors (Lipinski definition) is 7. The highest BCUT2D eigenvalue weighted by molar-refractivity contribution is 7.93. The van der Waals surface area contributed by atoms with Crippen molar-refractivity contribution in [3.05, 3.63) is 23.3 Å². The normalized spacial score (nSPS) is 44.0. The Labute approximate surface area is 251 Å². The molecule has 6 aliphatic rings. The lowest BCUT2D eigenvalue weighted by Crippen LogP contribution is -2.69. The molecule has 1 spiro atoms. The van der Waals surface area contributed by atoms with Crippen LogP contribution in [0.3, 0.4) is 0 Å². The van der Waals surface area contributed by atoms with Crippen molar-refractivity contribution in [3.63, 3.8) is 0 Å². The van der Waals surface area contributed by atoms with Gasteiger partial charge in [0.25, 0.3) is 0 Å². The minimum absolute atomic E-state index is 0.0402. The maximum absolute atomic E-state index is 14.6. The lowest BCUT2D eigenvalue weighted by atomic mass is 9.35. The second-order valence-corrected chi connectivity index (χ2v) is 18.5. The van der Waals surface area contributed by atoms with E-state index in [1.165, 1.54) is 19.3 Å². The van der Waals surface area contributed by atoms with Gasteiger partial charge in [-0.05, 0) is 91.9 Å². The molecule has 8 atom stereocenters. The topological polar surface area (TPSA) is 123 Å². The van der Waals surface area contributed by atoms with Gasteiger partial charge >= 0.3 is 0 Å². The first kappa shape index (κ1) is 29.8.